The lowest BCUT2D eigenvalue weighted by Gasteiger charge is -2.11. The molecule has 1 aromatic carbocycles. The molecule has 15 heavy (non-hydrogen) atoms. The van der Waals surface area contributed by atoms with Crippen molar-refractivity contribution in [1.82, 2.24) is 0 Å². The molecule has 0 radical (unpaired) electrons. The molecule has 0 aromatic heterocycles. The van der Waals surface area contributed by atoms with Crippen LogP contribution in [0.25, 0.3) is 5.57 Å². The van der Waals surface area contributed by atoms with E-state index in [4.69, 9.17) is 0 Å². The van der Waals surface area contributed by atoms with Crippen LogP contribution in [-0.2, 0) is 0 Å². The second kappa shape index (κ2) is 4.79. The van der Waals surface area contributed by atoms with Crippen LogP contribution in [0.15, 0.2) is 60.2 Å². The lowest BCUT2D eigenvalue weighted by Crippen LogP contribution is -1.90. The van der Waals surface area contributed by atoms with Crippen LogP contribution in [0.1, 0.15) is 25.3 Å². The van der Waals surface area contributed by atoms with Crippen molar-refractivity contribution in [2.75, 3.05) is 0 Å². The van der Waals surface area contributed by atoms with Crippen LogP contribution >= 0.6 is 0 Å². The van der Waals surface area contributed by atoms with E-state index >= 15 is 0 Å². The summed E-state index contributed by atoms with van der Waals surface area (Å²) in [7, 11) is 0. The maximum atomic E-state index is 2.30. The normalized spacial score (nSPS) is 17.9. The second-order valence-corrected chi connectivity index (χ2v) is 3.78. The molecule has 0 saturated carbocycles. The molecule has 1 aromatic rings. The molecule has 0 heterocycles. The van der Waals surface area contributed by atoms with Crippen LogP contribution in [0, 0.1) is 0 Å². The fourth-order valence-corrected chi connectivity index (χ4v) is 1.88. The van der Waals surface area contributed by atoms with Crippen LogP contribution < -0.4 is 0 Å². The van der Waals surface area contributed by atoms with Crippen molar-refractivity contribution in [3.8, 4) is 0 Å². The fourth-order valence-electron chi connectivity index (χ4n) is 1.88. The molecule has 0 heteroatoms. The number of benzene rings is 1. The lowest BCUT2D eigenvalue weighted by molar-refractivity contribution is 1.16. The van der Waals surface area contributed by atoms with Gasteiger partial charge in [-0.3, -0.25) is 0 Å². The summed E-state index contributed by atoms with van der Waals surface area (Å²) in [6.07, 6.45) is 11.0. The highest BCUT2D eigenvalue weighted by atomic mass is 14.1. The summed E-state index contributed by atoms with van der Waals surface area (Å²) in [5.74, 6) is 0. The monoisotopic (exact) mass is 196 g/mol. The average molecular weight is 196 g/mol. The highest BCUT2D eigenvalue weighted by molar-refractivity contribution is 5.71. The molecule has 0 saturated heterocycles. The first-order valence-electron chi connectivity index (χ1n) is 5.52. The zero-order valence-electron chi connectivity index (χ0n) is 9.11. The first-order chi connectivity index (χ1) is 7.40. The van der Waals surface area contributed by atoms with Crippen LogP contribution in [0.5, 0.6) is 0 Å². The van der Waals surface area contributed by atoms with Gasteiger partial charge in [0.05, 0.1) is 0 Å². The molecular formula is C15H16. The van der Waals surface area contributed by atoms with Crippen molar-refractivity contribution in [2.45, 2.75) is 19.8 Å². The van der Waals surface area contributed by atoms with Gasteiger partial charge < -0.3 is 0 Å². The molecule has 0 aliphatic heterocycles. The lowest BCUT2D eigenvalue weighted by atomic mass is 9.94. The van der Waals surface area contributed by atoms with Gasteiger partial charge in [0.1, 0.15) is 0 Å². The van der Waals surface area contributed by atoms with Crippen LogP contribution in [0.4, 0.5) is 0 Å². The first-order valence-corrected chi connectivity index (χ1v) is 5.52. The van der Waals surface area contributed by atoms with E-state index in [0.29, 0.717) is 0 Å². The van der Waals surface area contributed by atoms with E-state index in [0.717, 1.165) is 12.8 Å². The summed E-state index contributed by atoms with van der Waals surface area (Å²) >= 11 is 0. The molecular weight excluding hydrogens is 180 g/mol. The zero-order valence-corrected chi connectivity index (χ0v) is 9.11. The van der Waals surface area contributed by atoms with Gasteiger partial charge in [-0.2, -0.15) is 0 Å². The van der Waals surface area contributed by atoms with Crippen molar-refractivity contribution in [3.63, 3.8) is 0 Å². The van der Waals surface area contributed by atoms with Gasteiger partial charge in [0.2, 0.25) is 0 Å². The molecule has 0 nitrogen and oxygen atoms in total. The Bertz CT molecular complexity index is 405. The third-order valence-corrected chi connectivity index (χ3v) is 2.61. The SMILES string of the molecule is CCC=C1C=CC=C(c2ccccc2)C1. The summed E-state index contributed by atoms with van der Waals surface area (Å²) in [6, 6.07) is 10.6. The number of allylic oxidation sites excluding steroid dienone is 6. The standard InChI is InChI=1S/C15H16/c1-2-7-13-8-6-11-15(12-13)14-9-4-3-5-10-14/h3-11H,2,12H2,1H3. The Morgan fingerprint density at radius 3 is 2.73 bits per heavy atom. The Labute approximate surface area is 91.6 Å². The van der Waals surface area contributed by atoms with Gasteiger partial charge in [-0.1, -0.05) is 61.6 Å². The minimum absolute atomic E-state index is 1.06. The molecule has 1 aliphatic rings. The third kappa shape index (κ3) is 2.47. The molecule has 0 unspecified atom stereocenters. The highest BCUT2D eigenvalue weighted by Gasteiger charge is 2.05. The number of hydrogen-bond acceptors (Lipinski definition) is 0. The quantitative estimate of drug-likeness (QED) is 0.659. The Balaban J connectivity index is 2.23. The van der Waals surface area contributed by atoms with Gasteiger partial charge in [0, 0.05) is 0 Å². The molecule has 0 spiro atoms. The van der Waals surface area contributed by atoms with Crippen molar-refractivity contribution in [2.24, 2.45) is 0 Å². The van der Waals surface area contributed by atoms with E-state index in [1.807, 2.05) is 0 Å². The smallest absolute Gasteiger partial charge is 0.00230 e. The Kier molecular flexibility index (Phi) is 3.18. The molecule has 2 rings (SSSR count). The third-order valence-electron chi connectivity index (χ3n) is 2.61. The van der Waals surface area contributed by atoms with Crippen molar-refractivity contribution < 1.29 is 0 Å². The predicted molar refractivity (Wildman–Crippen MR) is 66.6 cm³/mol. The second-order valence-electron chi connectivity index (χ2n) is 3.78. The highest BCUT2D eigenvalue weighted by Crippen LogP contribution is 2.26. The topological polar surface area (TPSA) is 0 Å². The largest absolute Gasteiger partial charge is 0.0813 e. The van der Waals surface area contributed by atoms with E-state index in [2.05, 4.69) is 61.6 Å². The van der Waals surface area contributed by atoms with Gasteiger partial charge in [0.25, 0.3) is 0 Å². The van der Waals surface area contributed by atoms with E-state index in [1.54, 1.807) is 0 Å². The van der Waals surface area contributed by atoms with E-state index in [-0.39, 0.29) is 0 Å². The van der Waals surface area contributed by atoms with Crippen LogP contribution in [0.2, 0.25) is 0 Å². The maximum absolute atomic E-state index is 2.30. The molecule has 0 bridgehead atoms. The van der Waals surface area contributed by atoms with Crippen molar-refractivity contribution in [3.05, 3.63) is 65.8 Å². The van der Waals surface area contributed by atoms with Gasteiger partial charge in [-0.15, -0.1) is 0 Å². The number of rotatable bonds is 2. The number of hydrogen-bond donors (Lipinski definition) is 0. The van der Waals surface area contributed by atoms with Crippen LogP contribution in [0.3, 0.4) is 0 Å². The molecule has 1 aliphatic carbocycles. The fraction of sp³-hybridized carbons (Fsp3) is 0.200. The summed E-state index contributed by atoms with van der Waals surface area (Å²) < 4.78 is 0. The van der Waals surface area contributed by atoms with Gasteiger partial charge in [0.15, 0.2) is 0 Å². The Morgan fingerprint density at radius 1 is 1.20 bits per heavy atom. The summed E-state index contributed by atoms with van der Waals surface area (Å²) in [5.41, 5.74) is 4.18. The summed E-state index contributed by atoms with van der Waals surface area (Å²) in [5, 5.41) is 0. The Morgan fingerprint density at radius 2 is 2.00 bits per heavy atom. The maximum Gasteiger partial charge on any atom is -0.00230 e. The minimum atomic E-state index is 1.06. The van der Waals surface area contributed by atoms with E-state index in [1.165, 1.54) is 16.7 Å². The first kappa shape index (κ1) is 9.97. The van der Waals surface area contributed by atoms with E-state index < -0.39 is 0 Å². The Hall–Kier alpha value is -1.56. The van der Waals surface area contributed by atoms with Gasteiger partial charge >= 0.3 is 0 Å². The summed E-state index contributed by atoms with van der Waals surface area (Å²) in [6.45, 7) is 2.18. The van der Waals surface area contributed by atoms with Gasteiger partial charge in [-0.05, 0) is 29.6 Å². The summed E-state index contributed by atoms with van der Waals surface area (Å²) in [4.78, 5) is 0. The zero-order chi connectivity index (χ0) is 10.5. The molecule has 0 fully saturated rings. The minimum Gasteiger partial charge on any atom is -0.0813 e. The predicted octanol–water partition coefficient (Wildman–Crippen LogP) is 4.37. The molecule has 0 amide bonds. The molecule has 76 valence electrons. The molecule has 0 atom stereocenters. The van der Waals surface area contributed by atoms with Crippen molar-refractivity contribution in [1.29, 1.82) is 0 Å². The average Bonchev–Trinajstić information content (AvgIpc) is 2.31. The van der Waals surface area contributed by atoms with Gasteiger partial charge in [-0.25, -0.2) is 0 Å². The molecule has 0 N–H and O–H groups in total. The van der Waals surface area contributed by atoms with Crippen LogP contribution in [-0.4, -0.2) is 0 Å². The van der Waals surface area contributed by atoms with E-state index in [9.17, 15) is 0 Å². The van der Waals surface area contributed by atoms with Crippen molar-refractivity contribution >= 4 is 5.57 Å².